The number of anilines is 5. The van der Waals surface area contributed by atoms with E-state index < -0.39 is 30.1 Å². The third-order valence-corrected chi connectivity index (χ3v) is 9.02. The van der Waals surface area contributed by atoms with E-state index in [4.69, 9.17) is 4.74 Å². The van der Waals surface area contributed by atoms with Crippen molar-refractivity contribution in [3.63, 3.8) is 0 Å². The minimum Gasteiger partial charge on any atom is -0.433 e. The molecule has 47 heavy (non-hydrogen) atoms. The van der Waals surface area contributed by atoms with Crippen LogP contribution in [0.3, 0.4) is 0 Å². The molecule has 4 heterocycles. The summed E-state index contributed by atoms with van der Waals surface area (Å²) < 4.78 is 73.6. The number of alkyl halides is 5. The van der Waals surface area contributed by atoms with Crippen LogP contribution >= 0.6 is 0 Å². The molecule has 1 amide bonds. The topological polar surface area (TPSA) is 97.9 Å². The van der Waals surface area contributed by atoms with Crippen LogP contribution in [0.25, 0.3) is 0 Å². The normalized spacial score (nSPS) is 18.1. The largest absolute Gasteiger partial charge is 0.433 e. The van der Waals surface area contributed by atoms with E-state index in [9.17, 15) is 26.7 Å². The van der Waals surface area contributed by atoms with Crippen LogP contribution < -0.4 is 25.6 Å². The molecule has 2 aromatic carbocycles. The molecule has 0 bridgehead atoms. The van der Waals surface area contributed by atoms with Crippen LogP contribution in [0.4, 0.5) is 50.8 Å². The van der Waals surface area contributed by atoms with E-state index in [-0.39, 0.29) is 35.2 Å². The van der Waals surface area contributed by atoms with Crippen LogP contribution in [0.2, 0.25) is 0 Å². The highest BCUT2D eigenvalue weighted by molar-refractivity contribution is 6.04. The van der Waals surface area contributed by atoms with E-state index in [1.54, 1.807) is 18.2 Å². The Balaban J connectivity index is 1.19. The number of amides is 1. The molecule has 3 aromatic rings. The minimum absolute atomic E-state index is 0.0534. The maximum Gasteiger partial charge on any atom is 0.421 e. The van der Waals surface area contributed by atoms with Gasteiger partial charge in [0, 0.05) is 75.8 Å². The number of fused-ring (bicyclic) bond motifs is 1. The van der Waals surface area contributed by atoms with Crippen molar-refractivity contribution in [2.75, 3.05) is 54.8 Å². The first kappa shape index (κ1) is 32.7. The Bertz CT molecular complexity index is 1590. The molecular formula is C32H37F5N8O2. The van der Waals surface area contributed by atoms with Crippen LogP contribution in [0.15, 0.2) is 42.6 Å². The number of benzene rings is 2. The van der Waals surface area contributed by atoms with Gasteiger partial charge in [-0.05, 0) is 50.5 Å². The zero-order valence-electron chi connectivity index (χ0n) is 26.1. The van der Waals surface area contributed by atoms with E-state index >= 15 is 0 Å². The summed E-state index contributed by atoms with van der Waals surface area (Å²) in [4.78, 5) is 27.3. The van der Waals surface area contributed by atoms with Crippen LogP contribution in [-0.2, 0) is 12.7 Å². The van der Waals surface area contributed by atoms with Gasteiger partial charge in [-0.3, -0.25) is 14.6 Å². The quantitative estimate of drug-likeness (QED) is 0.245. The van der Waals surface area contributed by atoms with E-state index in [1.165, 1.54) is 18.2 Å². The van der Waals surface area contributed by atoms with Gasteiger partial charge in [-0.25, -0.2) is 4.98 Å². The molecule has 3 aliphatic heterocycles. The van der Waals surface area contributed by atoms with Gasteiger partial charge < -0.3 is 25.6 Å². The Kier molecular flexibility index (Phi) is 9.37. The number of aromatic nitrogens is 2. The number of piperidine rings is 1. The van der Waals surface area contributed by atoms with E-state index in [1.807, 2.05) is 0 Å². The predicted octanol–water partition coefficient (Wildman–Crippen LogP) is 5.82. The van der Waals surface area contributed by atoms with Crippen LogP contribution in [-0.4, -0.2) is 83.6 Å². The Labute approximate surface area is 269 Å². The molecule has 10 nitrogen and oxygen atoms in total. The molecule has 0 aliphatic carbocycles. The summed E-state index contributed by atoms with van der Waals surface area (Å²) >= 11 is 0. The number of halogens is 5. The fourth-order valence-corrected chi connectivity index (χ4v) is 6.49. The lowest BCUT2D eigenvalue weighted by atomic mass is 10.0. The maximum absolute atomic E-state index is 13.9. The zero-order chi connectivity index (χ0) is 33.3. The molecule has 6 rings (SSSR count). The molecule has 0 radical (unpaired) electrons. The highest BCUT2D eigenvalue weighted by Crippen LogP contribution is 2.38. The third kappa shape index (κ3) is 7.35. The summed E-state index contributed by atoms with van der Waals surface area (Å²) in [6, 6.07) is 10.5. The molecule has 3 N–H and O–H groups in total. The summed E-state index contributed by atoms with van der Waals surface area (Å²) in [6.45, 7) is 7.18. The third-order valence-electron chi connectivity index (χ3n) is 9.02. The maximum atomic E-state index is 13.9. The number of ether oxygens (including phenoxy) is 1. The molecule has 2 saturated heterocycles. The molecule has 15 heteroatoms. The van der Waals surface area contributed by atoms with Crippen molar-refractivity contribution in [3.05, 3.63) is 59.3 Å². The van der Waals surface area contributed by atoms with Gasteiger partial charge in [-0.1, -0.05) is 12.1 Å². The Morgan fingerprint density at radius 3 is 2.40 bits per heavy atom. The van der Waals surface area contributed by atoms with Crippen molar-refractivity contribution in [2.45, 2.75) is 58.1 Å². The Morgan fingerprint density at radius 1 is 0.979 bits per heavy atom. The monoisotopic (exact) mass is 660 g/mol. The van der Waals surface area contributed by atoms with Gasteiger partial charge >= 0.3 is 12.8 Å². The van der Waals surface area contributed by atoms with Gasteiger partial charge in [-0.2, -0.15) is 26.9 Å². The van der Waals surface area contributed by atoms with E-state index in [0.29, 0.717) is 29.5 Å². The van der Waals surface area contributed by atoms with Crippen molar-refractivity contribution in [1.82, 2.24) is 25.1 Å². The second-order valence-electron chi connectivity index (χ2n) is 12.2. The summed E-state index contributed by atoms with van der Waals surface area (Å²) in [7, 11) is 0. The van der Waals surface area contributed by atoms with E-state index in [2.05, 4.69) is 54.5 Å². The molecule has 0 saturated carbocycles. The average Bonchev–Trinajstić information content (AvgIpc) is 3.42. The molecule has 252 valence electrons. The first-order valence-corrected chi connectivity index (χ1v) is 15.7. The lowest BCUT2D eigenvalue weighted by Crippen LogP contribution is -2.54. The minimum atomic E-state index is -4.82. The van der Waals surface area contributed by atoms with Crippen LogP contribution in [0, 0.1) is 0 Å². The van der Waals surface area contributed by atoms with Crippen molar-refractivity contribution >= 4 is 34.7 Å². The number of carbonyl (C=O) groups excluding carboxylic acids is 1. The highest BCUT2D eigenvalue weighted by Gasteiger charge is 2.36. The van der Waals surface area contributed by atoms with Gasteiger partial charge in [0.05, 0.1) is 16.9 Å². The van der Waals surface area contributed by atoms with Crippen LogP contribution in [0.1, 0.15) is 48.2 Å². The molecule has 2 fully saturated rings. The molecular weight excluding hydrogens is 623 g/mol. The fraction of sp³-hybridized carbons (Fsp3) is 0.469. The van der Waals surface area contributed by atoms with Gasteiger partial charge in [-0.15, -0.1) is 0 Å². The fourth-order valence-electron chi connectivity index (χ4n) is 6.49. The lowest BCUT2D eigenvalue weighted by Gasteiger charge is -2.44. The van der Waals surface area contributed by atoms with Crippen LogP contribution in [0.5, 0.6) is 5.75 Å². The molecule has 0 spiro atoms. The predicted molar refractivity (Wildman–Crippen MR) is 168 cm³/mol. The van der Waals surface area contributed by atoms with Gasteiger partial charge in [0.25, 0.3) is 5.91 Å². The van der Waals surface area contributed by atoms with Gasteiger partial charge in [0.2, 0.25) is 5.95 Å². The van der Waals surface area contributed by atoms with Gasteiger partial charge in [0.1, 0.15) is 11.4 Å². The Hall–Kier alpha value is -4.24. The SMILES string of the molecule is CC(C)N1CCN(C2CCN(c3ccc(Nc4ncc(C(F)(F)F)c(Nc5cccc6c5C(=O)NC6)n4)c(OC(F)F)c3)CC2)CC1. The first-order chi connectivity index (χ1) is 22.5. The van der Waals surface area contributed by atoms with Crippen molar-refractivity contribution in [2.24, 2.45) is 0 Å². The zero-order valence-corrected chi connectivity index (χ0v) is 26.1. The number of rotatable bonds is 9. The first-order valence-electron chi connectivity index (χ1n) is 15.7. The van der Waals surface area contributed by atoms with Crippen molar-refractivity contribution < 1.29 is 31.5 Å². The number of nitrogens with zero attached hydrogens (tertiary/aromatic N) is 5. The van der Waals surface area contributed by atoms with Crippen molar-refractivity contribution in [1.29, 1.82) is 0 Å². The number of hydrogen-bond acceptors (Lipinski definition) is 9. The lowest BCUT2D eigenvalue weighted by molar-refractivity contribution is -0.137. The van der Waals surface area contributed by atoms with Gasteiger partial charge in [0.15, 0.2) is 5.75 Å². The number of piperazine rings is 1. The summed E-state index contributed by atoms with van der Waals surface area (Å²) in [5, 5.41) is 8.02. The number of hydrogen-bond donors (Lipinski definition) is 3. The molecule has 1 aromatic heterocycles. The second kappa shape index (κ2) is 13.5. The summed E-state index contributed by atoms with van der Waals surface area (Å²) in [5.41, 5.74) is 0.570. The summed E-state index contributed by atoms with van der Waals surface area (Å²) in [5.74, 6) is -1.51. The standard InChI is InChI=1S/C32H37F5N8O2/c1-19(2)43-12-14-45(15-13-43)21-8-10-44(11-9-21)22-6-7-24(26(16-22)47-30(33)34)41-31-39-18-23(32(35,36)37)28(42-31)40-25-5-3-4-20-17-38-29(46)27(20)25/h3-7,16,18-19,21,30H,8-15,17H2,1-2H3,(H,38,46)(H2,39,40,41,42). The number of carbonyl (C=O) groups is 1. The molecule has 0 unspecified atom stereocenters. The van der Waals surface area contributed by atoms with Crippen molar-refractivity contribution in [3.8, 4) is 5.75 Å². The second-order valence-corrected chi connectivity index (χ2v) is 12.2. The summed E-state index contributed by atoms with van der Waals surface area (Å²) in [6.07, 6.45) is -2.35. The number of nitrogens with one attached hydrogen (secondary N) is 3. The van der Waals surface area contributed by atoms with E-state index in [0.717, 1.165) is 52.1 Å². The Morgan fingerprint density at radius 2 is 1.72 bits per heavy atom. The molecule has 0 atom stereocenters. The smallest absolute Gasteiger partial charge is 0.421 e. The highest BCUT2D eigenvalue weighted by atomic mass is 19.4. The molecule has 3 aliphatic rings. The average molecular weight is 661 g/mol.